The fourth-order valence-electron chi connectivity index (χ4n) is 3.99. The Bertz CT molecular complexity index is 477. The lowest BCUT2D eigenvalue weighted by atomic mass is 9.88. The maximum Gasteiger partial charge on any atom is 0.0629 e. The Balaban J connectivity index is 1.47. The predicted octanol–water partition coefficient (Wildman–Crippen LogP) is 2.79. The van der Waals surface area contributed by atoms with E-state index in [1.165, 1.54) is 57.5 Å². The Morgan fingerprint density at radius 2 is 2.04 bits per heavy atom. The molecule has 0 amide bonds. The van der Waals surface area contributed by atoms with Gasteiger partial charge in [0.25, 0.3) is 0 Å². The number of rotatable bonds is 4. The van der Waals surface area contributed by atoms with Gasteiger partial charge in [-0.1, -0.05) is 6.07 Å². The molecule has 1 aromatic rings. The van der Waals surface area contributed by atoms with E-state index in [4.69, 9.17) is 4.74 Å². The van der Waals surface area contributed by atoms with Crippen molar-refractivity contribution < 1.29 is 4.74 Å². The first-order valence-electron chi connectivity index (χ1n) is 9.08. The minimum atomic E-state index is 0.0705. The monoisotopic (exact) mass is 317 g/mol. The van der Waals surface area contributed by atoms with Gasteiger partial charge in [-0.25, -0.2) is 0 Å². The fraction of sp³-hybridized carbons (Fsp3) is 0.737. The highest BCUT2D eigenvalue weighted by molar-refractivity contribution is 5.08. The van der Waals surface area contributed by atoms with Gasteiger partial charge in [0.05, 0.1) is 5.60 Å². The number of pyridine rings is 1. The molecule has 0 aromatic carbocycles. The van der Waals surface area contributed by atoms with Crippen LogP contribution in [-0.4, -0.2) is 59.7 Å². The van der Waals surface area contributed by atoms with Crippen LogP contribution in [0.15, 0.2) is 24.5 Å². The molecule has 0 N–H and O–H groups in total. The molecule has 23 heavy (non-hydrogen) atoms. The summed E-state index contributed by atoms with van der Waals surface area (Å²) in [6, 6.07) is 4.21. The van der Waals surface area contributed by atoms with Gasteiger partial charge in [0.15, 0.2) is 0 Å². The normalized spacial score (nSPS) is 26.8. The van der Waals surface area contributed by atoms with Crippen molar-refractivity contribution in [3.63, 3.8) is 0 Å². The van der Waals surface area contributed by atoms with Crippen molar-refractivity contribution in [2.75, 3.05) is 39.3 Å². The molecule has 3 rings (SSSR count). The molecule has 4 nitrogen and oxygen atoms in total. The molecule has 3 heterocycles. The molecule has 0 unspecified atom stereocenters. The van der Waals surface area contributed by atoms with Gasteiger partial charge < -0.3 is 9.64 Å². The smallest absolute Gasteiger partial charge is 0.0629 e. The molecule has 2 fully saturated rings. The summed E-state index contributed by atoms with van der Waals surface area (Å²) in [5.74, 6) is 0.795. The lowest BCUT2D eigenvalue weighted by Crippen LogP contribution is -2.40. The number of ether oxygens (including phenoxy) is 1. The molecular weight excluding hydrogens is 286 g/mol. The van der Waals surface area contributed by atoms with E-state index in [-0.39, 0.29) is 5.60 Å². The summed E-state index contributed by atoms with van der Waals surface area (Å²) in [5, 5.41) is 0. The summed E-state index contributed by atoms with van der Waals surface area (Å²) in [4.78, 5) is 9.48. The molecule has 2 aliphatic heterocycles. The number of hydrogen-bond acceptors (Lipinski definition) is 4. The minimum absolute atomic E-state index is 0.0705. The van der Waals surface area contributed by atoms with Gasteiger partial charge in [-0.15, -0.1) is 0 Å². The van der Waals surface area contributed by atoms with Crippen molar-refractivity contribution in [1.29, 1.82) is 0 Å². The average molecular weight is 317 g/mol. The van der Waals surface area contributed by atoms with Crippen molar-refractivity contribution >= 4 is 0 Å². The molecule has 128 valence electrons. The van der Waals surface area contributed by atoms with Gasteiger partial charge in [-0.2, -0.15) is 0 Å². The standard InChI is InChI=1S/C19H31N3O/c1-19(2)13-17(6-12-23-19)15-21-8-4-9-22(11-10-21)16-18-5-3-7-20-14-18/h3,5,7,14,17H,4,6,8-13,15-16H2,1-2H3/t17-/m0/s1. The van der Waals surface area contributed by atoms with Crippen LogP contribution in [0.4, 0.5) is 0 Å². The summed E-state index contributed by atoms with van der Waals surface area (Å²) < 4.78 is 5.86. The molecule has 0 saturated carbocycles. The van der Waals surface area contributed by atoms with E-state index < -0.39 is 0 Å². The highest BCUT2D eigenvalue weighted by Crippen LogP contribution is 2.29. The fourth-order valence-corrected chi connectivity index (χ4v) is 3.99. The summed E-state index contributed by atoms with van der Waals surface area (Å²) in [6.45, 7) is 12.5. The van der Waals surface area contributed by atoms with E-state index in [2.05, 4.69) is 34.7 Å². The van der Waals surface area contributed by atoms with E-state index in [9.17, 15) is 0 Å². The second-order valence-corrected chi connectivity index (χ2v) is 7.76. The van der Waals surface area contributed by atoms with Gasteiger partial charge in [0.2, 0.25) is 0 Å². The molecule has 2 saturated heterocycles. The van der Waals surface area contributed by atoms with Gasteiger partial charge in [0, 0.05) is 45.2 Å². The molecule has 0 aliphatic carbocycles. The topological polar surface area (TPSA) is 28.6 Å². The van der Waals surface area contributed by atoms with Crippen molar-refractivity contribution in [3.8, 4) is 0 Å². The van der Waals surface area contributed by atoms with E-state index in [0.29, 0.717) is 0 Å². The molecule has 0 radical (unpaired) electrons. The Morgan fingerprint density at radius 1 is 1.22 bits per heavy atom. The van der Waals surface area contributed by atoms with Crippen molar-refractivity contribution in [3.05, 3.63) is 30.1 Å². The minimum Gasteiger partial charge on any atom is -0.376 e. The van der Waals surface area contributed by atoms with E-state index in [0.717, 1.165) is 19.1 Å². The van der Waals surface area contributed by atoms with Gasteiger partial charge >= 0.3 is 0 Å². The van der Waals surface area contributed by atoms with Crippen LogP contribution in [0.2, 0.25) is 0 Å². The molecule has 1 aromatic heterocycles. The molecule has 4 heteroatoms. The van der Waals surface area contributed by atoms with Crippen LogP contribution in [-0.2, 0) is 11.3 Å². The highest BCUT2D eigenvalue weighted by Gasteiger charge is 2.30. The van der Waals surface area contributed by atoms with Gasteiger partial charge in [-0.3, -0.25) is 9.88 Å². The Hall–Kier alpha value is -0.970. The Labute approximate surface area is 140 Å². The average Bonchev–Trinajstić information content (AvgIpc) is 2.73. The van der Waals surface area contributed by atoms with Gasteiger partial charge in [0.1, 0.15) is 0 Å². The van der Waals surface area contributed by atoms with Crippen LogP contribution in [0.25, 0.3) is 0 Å². The van der Waals surface area contributed by atoms with Crippen LogP contribution in [0.1, 0.15) is 38.7 Å². The van der Waals surface area contributed by atoms with Crippen LogP contribution in [0, 0.1) is 5.92 Å². The van der Waals surface area contributed by atoms with Crippen LogP contribution in [0.3, 0.4) is 0 Å². The SMILES string of the molecule is CC1(C)C[C@@H](CN2CCCN(Cc3cccnc3)CC2)CCO1. The zero-order chi connectivity index (χ0) is 16.1. The molecule has 1 atom stereocenters. The quantitative estimate of drug-likeness (QED) is 0.854. The van der Waals surface area contributed by atoms with Crippen molar-refractivity contribution in [2.24, 2.45) is 5.92 Å². The van der Waals surface area contributed by atoms with Gasteiger partial charge in [-0.05, 0) is 63.7 Å². The zero-order valence-corrected chi connectivity index (χ0v) is 14.7. The third-order valence-corrected chi connectivity index (χ3v) is 5.13. The Kier molecular flexibility index (Phi) is 5.67. The molecular formula is C19H31N3O. The van der Waals surface area contributed by atoms with Crippen molar-refractivity contribution in [2.45, 2.75) is 45.3 Å². The highest BCUT2D eigenvalue weighted by atomic mass is 16.5. The first-order chi connectivity index (χ1) is 11.1. The summed E-state index contributed by atoms with van der Waals surface area (Å²) in [6.07, 6.45) is 7.53. The largest absolute Gasteiger partial charge is 0.376 e. The number of hydrogen-bond donors (Lipinski definition) is 0. The summed E-state index contributed by atoms with van der Waals surface area (Å²) in [7, 11) is 0. The zero-order valence-electron chi connectivity index (χ0n) is 14.7. The van der Waals surface area contributed by atoms with Crippen LogP contribution < -0.4 is 0 Å². The van der Waals surface area contributed by atoms with E-state index in [1.54, 1.807) is 0 Å². The number of nitrogens with zero attached hydrogens (tertiary/aromatic N) is 3. The lowest BCUT2D eigenvalue weighted by Gasteiger charge is -2.37. The Morgan fingerprint density at radius 3 is 2.83 bits per heavy atom. The van der Waals surface area contributed by atoms with E-state index >= 15 is 0 Å². The first-order valence-corrected chi connectivity index (χ1v) is 9.08. The third kappa shape index (κ3) is 5.27. The molecule has 2 aliphatic rings. The molecule has 0 spiro atoms. The first kappa shape index (κ1) is 16.9. The second kappa shape index (κ2) is 7.73. The second-order valence-electron chi connectivity index (χ2n) is 7.76. The third-order valence-electron chi connectivity index (χ3n) is 5.13. The maximum absolute atomic E-state index is 5.86. The predicted molar refractivity (Wildman–Crippen MR) is 93.3 cm³/mol. The maximum atomic E-state index is 5.86. The van der Waals surface area contributed by atoms with Crippen LogP contribution >= 0.6 is 0 Å². The number of aromatic nitrogens is 1. The molecule has 0 bridgehead atoms. The van der Waals surface area contributed by atoms with Crippen LogP contribution in [0.5, 0.6) is 0 Å². The van der Waals surface area contributed by atoms with E-state index in [1.807, 2.05) is 18.5 Å². The summed E-state index contributed by atoms with van der Waals surface area (Å²) >= 11 is 0. The summed E-state index contributed by atoms with van der Waals surface area (Å²) in [5.41, 5.74) is 1.40. The lowest BCUT2D eigenvalue weighted by molar-refractivity contribution is -0.0766. The van der Waals surface area contributed by atoms with Crippen molar-refractivity contribution in [1.82, 2.24) is 14.8 Å².